The van der Waals surface area contributed by atoms with Gasteiger partial charge in [0.1, 0.15) is 0 Å². The third kappa shape index (κ3) is 4.86. The fraction of sp³-hybridized carbons (Fsp3) is 0.500. The van der Waals surface area contributed by atoms with Crippen molar-refractivity contribution < 1.29 is 9.59 Å². The molecular weight excluding hydrogens is 266 g/mol. The van der Waals surface area contributed by atoms with Crippen molar-refractivity contribution in [1.29, 1.82) is 0 Å². The van der Waals surface area contributed by atoms with Gasteiger partial charge in [-0.2, -0.15) is 0 Å². The lowest BCUT2D eigenvalue weighted by molar-refractivity contribution is -0.126. The minimum Gasteiger partial charge on any atom is -0.354 e. The van der Waals surface area contributed by atoms with Gasteiger partial charge in [0.15, 0.2) is 0 Å². The number of carbonyl (C=O) groups is 2. The summed E-state index contributed by atoms with van der Waals surface area (Å²) >= 11 is 0. The molecule has 1 aromatic rings. The van der Waals surface area contributed by atoms with Gasteiger partial charge in [-0.25, -0.2) is 0 Å². The van der Waals surface area contributed by atoms with Gasteiger partial charge < -0.3 is 10.6 Å². The summed E-state index contributed by atoms with van der Waals surface area (Å²) in [5.41, 5.74) is 1.25. The van der Waals surface area contributed by atoms with E-state index in [0.29, 0.717) is 32.1 Å². The maximum absolute atomic E-state index is 12.0. The zero-order valence-corrected chi connectivity index (χ0v) is 12.5. The Morgan fingerprint density at radius 2 is 2.14 bits per heavy atom. The van der Waals surface area contributed by atoms with E-state index in [9.17, 15) is 9.59 Å². The van der Waals surface area contributed by atoms with E-state index in [2.05, 4.69) is 29.7 Å². The van der Waals surface area contributed by atoms with Gasteiger partial charge in [-0.1, -0.05) is 37.3 Å². The van der Waals surface area contributed by atoms with Crippen LogP contribution in [0.4, 0.5) is 0 Å². The van der Waals surface area contributed by atoms with E-state index in [-0.39, 0.29) is 11.8 Å². The molecule has 1 aliphatic rings. The number of benzene rings is 1. The molecule has 2 rings (SSSR count). The molecule has 5 nitrogen and oxygen atoms in total. The zero-order chi connectivity index (χ0) is 15.1. The van der Waals surface area contributed by atoms with Crippen molar-refractivity contribution in [2.45, 2.75) is 19.3 Å². The topological polar surface area (TPSA) is 61.4 Å². The predicted molar refractivity (Wildman–Crippen MR) is 81.9 cm³/mol. The molecule has 0 radical (unpaired) electrons. The monoisotopic (exact) mass is 289 g/mol. The number of carbonyl (C=O) groups excluding carboxylic acids is 2. The fourth-order valence-electron chi connectivity index (χ4n) is 2.55. The second kappa shape index (κ2) is 7.78. The lowest BCUT2D eigenvalue weighted by Crippen LogP contribution is -2.50. The van der Waals surface area contributed by atoms with Crippen molar-refractivity contribution in [3.63, 3.8) is 0 Å². The summed E-state index contributed by atoms with van der Waals surface area (Å²) in [7, 11) is 0. The van der Waals surface area contributed by atoms with Crippen molar-refractivity contribution in [2.75, 3.05) is 32.7 Å². The van der Waals surface area contributed by atoms with Crippen LogP contribution in [-0.4, -0.2) is 49.4 Å². The summed E-state index contributed by atoms with van der Waals surface area (Å²) in [6, 6.07) is 10.2. The second-order valence-electron chi connectivity index (χ2n) is 5.38. The lowest BCUT2D eigenvalue weighted by atomic mass is 9.96. The first kappa shape index (κ1) is 15.5. The average Bonchev–Trinajstić information content (AvgIpc) is 2.49. The van der Waals surface area contributed by atoms with Crippen LogP contribution in [0.2, 0.25) is 0 Å². The highest BCUT2D eigenvalue weighted by Crippen LogP contribution is 2.17. The second-order valence-corrected chi connectivity index (χ2v) is 5.38. The number of nitrogens with zero attached hydrogens (tertiary/aromatic N) is 1. The van der Waals surface area contributed by atoms with Crippen molar-refractivity contribution in [3.05, 3.63) is 35.9 Å². The summed E-state index contributed by atoms with van der Waals surface area (Å²) in [6.45, 7) is 4.71. The maximum atomic E-state index is 12.0. The molecule has 5 heteroatoms. The van der Waals surface area contributed by atoms with Crippen LogP contribution in [0, 0.1) is 0 Å². The SMILES string of the molecule is CCC(CNC(=O)CN1CCNC(=O)C1)c1ccccc1. The molecule has 1 saturated heterocycles. The standard InChI is InChI=1S/C16H23N3O2/c1-2-13(14-6-4-3-5-7-14)10-18-16(21)12-19-9-8-17-15(20)11-19/h3-7,13H,2,8-12H2,1H3,(H,17,20)(H,18,21). The van der Waals surface area contributed by atoms with Crippen molar-refractivity contribution in [3.8, 4) is 0 Å². The number of hydrogen-bond donors (Lipinski definition) is 2. The molecule has 1 aromatic carbocycles. The van der Waals surface area contributed by atoms with E-state index >= 15 is 0 Å². The molecule has 114 valence electrons. The first-order chi connectivity index (χ1) is 10.2. The number of hydrogen-bond acceptors (Lipinski definition) is 3. The molecule has 1 unspecified atom stereocenters. The highest BCUT2D eigenvalue weighted by Gasteiger charge is 2.19. The Hall–Kier alpha value is -1.88. The van der Waals surface area contributed by atoms with Gasteiger partial charge in [-0.05, 0) is 12.0 Å². The summed E-state index contributed by atoms with van der Waals surface area (Å²) in [4.78, 5) is 25.1. The summed E-state index contributed by atoms with van der Waals surface area (Å²) in [5.74, 6) is 0.309. The Kier molecular flexibility index (Phi) is 5.75. The molecule has 1 fully saturated rings. The molecule has 1 heterocycles. The summed E-state index contributed by atoms with van der Waals surface area (Å²) in [6.07, 6.45) is 0.983. The third-order valence-electron chi connectivity index (χ3n) is 3.79. The fourth-order valence-corrected chi connectivity index (χ4v) is 2.55. The molecule has 0 bridgehead atoms. The van der Waals surface area contributed by atoms with Crippen LogP contribution in [0.5, 0.6) is 0 Å². The normalized spacial score (nSPS) is 17.1. The Balaban J connectivity index is 1.78. The maximum Gasteiger partial charge on any atom is 0.234 e. The number of rotatable bonds is 6. The van der Waals surface area contributed by atoms with Gasteiger partial charge in [-0.3, -0.25) is 14.5 Å². The Morgan fingerprint density at radius 1 is 1.38 bits per heavy atom. The van der Waals surface area contributed by atoms with Crippen molar-refractivity contribution in [1.82, 2.24) is 15.5 Å². The Bertz CT molecular complexity index is 476. The largest absolute Gasteiger partial charge is 0.354 e. The quantitative estimate of drug-likeness (QED) is 0.811. The van der Waals surface area contributed by atoms with E-state index in [1.165, 1.54) is 5.56 Å². The van der Waals surface area contributed by atoms with Gasteiger partial charge in [0.05, 0.1) is 13.1 Å². The van der Waals surface area contributed by atoms with Gasteiger partial charge in [0, 0.05) is 25.6 Å². The molecule has 2 N–H and O–H groups in total. The van der Waals surface area contributed by atoms with Gasteiger partial charge >= 0.3 is 0 Å². The van der Waals surface area contributed by atoms with E-state index in [1.54, 1.807) is 0 Å². The third-order valence-corrected chi connectivity index (χ3v) is 3.79. The molecule has 0 spiro atoms. The van der Waals surface area contributed by atoms with E-state index in [4.69, 9.17) is 0 Å². The van der Waals surface area contributed by atoms with Crippen LogP contribution >= 0.6 is 0 Å². The number of nitrogens with one attached hydrogen (secondary N) is 2. The minimum atomic E-state index is -0.0147. The molecule has 1 aliphatic heterocycles. The highest BCUT2D eigenvalue weighted by atomic mass is 16.2. The molecule has 21 heavy (non-hydrogen) atoms. The molecule has 1 atom stereocenters. The first-order valence-electron chi connectivity index (χ1n) is 7.49. The van der Waals surface area contributed by atoms with Gasteiger partial charge in [-0.15, -0.1) is 0 Å². The lowest BCUT2D eigenvalue weighted by Gasteiger charge is -2.26. The average molecular weight is 289 g/mol. The highest BCUT2D eigenvalue weighted by molar-refractivity contribution is 5.81. The van der Waals surface area contributed by atoms with E-state index < -0.39 is 0 Å². The van der Waals surface area contributed by atoms with Gasteiger partial charge in [0.2, 0.25) is 11.8 Å². The summed E-state index contributed by atoms with van der Waals surface area (Å²) in [5, 5.41) is 5.74. The molecule has 0 aromatic heterocycles. The van der Waals surface area contributed by atoms with Crippen LogP contribution < -0.4 is 10.6 Å². The Morgan fingerprint density at radius 3 is 2.81 bits per heavy atom. The van der Waals surface area contributed by atoms with Crippen LogP contribution in [0.3, 0.4) is 0 Å². The van der Waals surface area contributed by atoms with Crippen LogP contribution in [0.1, 0.15) is 24.8 Å². The minimum absolute atomic E-state index is 0.00947. The zero-order valence-electron chi connectivity index (χ0n) is 12.5. The van der Waals surface area contributed by atoms with E-state index in [1.807, 2.05) is 23.1 Å². The number of piperazine rings is 1. The van der Waals surface area contributed by atoms with Gasteiger partial charge in [0.25, 0.3) is 0 Å². The van der Waals surface area contributed by atoms with Crippen LogP contribution in [0.25, 0.3) is 0 Å². The Labute approximate surface area is 125 Å². The van der Waals surface area contributed by atoms with Crippen molar-refractivity contribution in [2.24, 2.45) is 0 Å². The first-order valence-corrected chi connectivity index (χ1v) is 7.49. The summed E-state index contributed by atoms with van der Waals surface area (Å²) < 4.78 is 0. The predicted octanol–water partition coefficient (Wildman–Crippen LogP) is 0.728. The van der Waals surface area contributed by atoms with Crippen LogP contribution in [-0.2, 0) is 9.59 Å². The molecule has 0 saturated carbocycles. The molecule has 2 amide bonds. The molecular formula is C16H23N3O2. The van der Waals surface area contributed by atoms with E-state index in [0.717, 1.165) is 13.0 Å². The number of amides is 2. The van der Waals surface area contributed by atoms with Crippen LogP contribution in [0.15, 0.2) is 30.3 Å². The van der Waals surface area contributed by atoms with Crippen molar-refractivity contribution >= 4 is 11.8 Å². The smallest absolute Gasteiger partial charge is 0.234 e. The molecule has 0 aliphatic carbocycles.